The van der Waals surface area contributed by atoms with E-state index in [2.05, 4.69) is 36.1 Å². The van der Waals surface area contributed by atoms with Crippen molar-refractivity contribution in [3.63, 3.8) is 0 Å². The van der Waals surface area contributed by atoms with Crippen LogP contribution in [0.3, 0.4) is 0 Å². The fourth-order valence-electron chi connectivity index (χ4n) is 1.37. The zero-order chi connectivity index (χ0) is 11.4. The third kappa shape index (κ3) is 3.57. The van der Waals surface area contributed by atoms with E-state index in [4.69, 9.17) is 5.73 Å². The molecule has 1 nitrogen and oxygen atoms in total. The smallest absolute Gasteiger partial charge is 0.124 e. The highest BCUT2D eigenvalue weighted by molar-refractivity contribution is 14.1. The predicted octanol–water partition coefficient (Wildman–Crippen LogP) is 3.79. The van der Waals surface area contributed by atoms with Crippen molar-refractivity contribution >= 4 is 22.6 Å². The topological polar surface area (TPSA) is 26.0 Å². The van der Waals surface area contributed by atoms with Gasteiger partial charge >= 0.3 is 0 Å². The number of benzene rings is 1. The Bertz CT molecular complexity index is 363. The minimum absolute atomic E-state index is 0.0788. The summed E-state index contributed by atoms with van der Waals surface area (Å²) in [7, 11) is 0. The summed E-state index contributed by atoms with van der Waals surface area (Å²) in [5, 5.41) is 0. The van der Waals surface area contributed by atoms with Crippen LogP contribution in [0.25, 0.3) is 0 Å². The van der Waals surface area contributed by atoms with Gasteiger partial charge in [0, 0.05) is 9.61 Å². The molecule has 0 saturated heterocycles. The van der Waals surface area contributed by atoms with Gasteiger partial charge in [0.25, 0.3) is 0 Å². The van der Waals surface area contributed by atoms with Crippen LogP contribution in [0, 0.1) is 9.39 Å². The highest BCUT2D eigenvalue weighted by Crippen LogP contribution is 2.24. The van der Waals surface area contributed by atoms with Gasteiger partial charge in [0.05, 0.1) is 0 Å². The fourth-order valence-corrected chi connectivity index (χ4v) is 2.24. The van der Waals surface area contributed by atoms with Crippen LogP contribution >= 0.6 is 22.6 Å². The Kier molecular flexibility index (Phi) is 4.73. The van der Waals surface area contributed by atoms with Crippen LogP contribution in [0.5, 0.6) is 0 Å². The summed E-state index contributed by atoms with van der Waals surface area (Å²) in [5.41, 5.74) is 8.15. The van der Waals surface area contributed by atoms with Gasteiger partial charge in [0.1, 0.15) is 5.82 Å². The van der Waals surface area contributed by atoms with Crippen molar-refractivity contribution in [2.45, 2.75) is 25.8 Å². The van der Waals surface area contributed by atoms with E-state index in [9.17, 15) is 4.39 Å². The lowest BCUT2D eigenvalue weighted by atomic mass is 9.99. The zero-order valence-corrected chi connectivity index (χ0v) is 10.9. The molecule has 1 atom stereocenters. The zero-order valence-electron chi connectivity index (χ0n) is 8.76. The summed E-state index contributed by atoms with van der Waals surface area (Å²) in [4.78, 5) is 0. The van der Waals surface area contributed by atoms with Crippen LogP contribution < -0.4 is 5.73 Å². The highest BCUT2D eigenvalue weighted by atomic mass is 127. The summed E-state index contributed by atoms with van der Waals surface area (Å²) >= 11 is 2.11. The Morgan fingerprint density at radius 3 is 2.80 bits per heavy atom. The van der Waals surface area contributed by atoms with Crippen molar-refractivity contribution in [3.05, 3.63) is 45.3 Å². The molecule has 0 saturated carbocycles. The Morgan fingerprint density at radius 1 is 1.60 bits per heavy atom. The largest absolute Gasteiger partial charge is 0.324 e. The molecule has 1 aromatic carbocycles. The van der Waals surface area contributed by atoms with Gasteiger partial charge in [-0.1, -0.05) is 25.1 Å². The van der Waals surface area contributed by atoms with Crippen LogP contribution in [-0.2, 0) is 0 Å². The second kappa shape index (κ2) is 5.61. The number of hydrogen-bond donors (Lipinski definition) is 1. The Labute approximate surface area is 104 Å². The number of hydrogen-bond acceptors (Lipinski definition) is 1. The van der Waals surface area contributed by atoms with Crippen LogP contribution in [0.4, 0.5) is 4.39 Å². The molecule has 0 radical (unpaired) electrons. The van der Waals surface area contributed by atoms with Gasteiger partial charge in [0.2, 0.25) is 0 Å². The summed E-state index contributed by atoms with van der Waals surface area (Å²) in [5.74, 6) is -0.218. The van der Waals surface area contributed by atoms with Crippen LogP contribution in [-0.4, -0.2) is 0 Å². The van der Waals surface area contributed by atoms with Crippen molar-refractivity contribution in [1.82, 2.24) is 0 Å². The molecule has 1 aromatic rings. The average Bonchev–Trinajstić information content (AvgIpc) is 2.17. The fraction of sp³-hybridized carbons (Fsp3) is 0.333. The van der Waals surface area contributed by atoms with Gasteiger partial charge in [-0.2, -0.15) is 0 Å². The number of rotatable bonds is 4. The van der Waals surface area contributed by atoms with Crippen molar-refractivity contribution in [1.29, 1.82) is 0 Å². The lowest BCUT2D eigenvalue weighted by Gasteiger charge is -2.14. The summed E-state index contributed by atoms with van der Waals surface area (Å²) < 4.78 is 13.8. The van der Waals surface area contributed by atoms with E-state index in [-0.39, 0.29) is 11.9 Å². The minimum atomic E-state index is -0.218. The van der Waals surface area contributed by atoms with Crippen molar-refractivity contribution in [2.75, 3.05) is 0 Å². The van der Waals surface area contributed by atoms with E-state index in [1.165, 1.54) is 12.1 Å². The Morgan fingerprint density at radius 2 is 2.27 bits per heavy atom. The number of nitrogens with two attached hydrogens (primary N) is 1. The van der Waals surface area contributed by atoms with Crippen LogP contribution in [0.2, 0.25) is 0 Å². The van der Waals surface area contributed by atoms with Crippen molar-refractivity contribution in [2.24, 2.45) is 5.73 Å². The predicted molar refractivity (Wildman–Crippen MR) is 70.1 cm³/mol. The van der Waals surface area contributed by atoms with Gasteiger partial charge < -0.3 is 5.73 Å². The van der Waals surface area contributed by atoms with Crippen molar-refractivity contribution < 1.29 is 4.39 Å². The maximum Gasteiger partial charge on any atom is 0.124 e. The maximum absolute atomic E-state index is 12.9. The summed E-state index contributed by atoms with van der Waals surface area (Å²) in [6, 6.07) is 4.63. The lowest BCUT2D eigenvalue weighted by Crippen LogP contribution is -2.12. The Balaban J connectivity index is 2.82. The standard InChI is InChI=1S/C12H15FIN/c1-3-8(2)6-12(15)10-5-4-9(13)7-11(10)14/h4-5,7,12H,2-3,6,15H2,1H3. The molecule has 0 heterocycles. The van der Waals surface area contributed by atoms with E-state index in [1.807, 2.05) is 0 Å². The first-order valence-corrected chi connectivity index (χ1v) is 5.99. The van der Waals surface area contributed by atoms with Gasteiger partial charge in [0.15, 0.2) is 0 Å². The SMILES string of the molecule is C=C(CC)CC(N)c1ccc(F)cc1I. The first-order valence-electron chi connectivity index (χ1n) is 4.91. The molecular weight excluding hydrogens is 304 g/mol. The molecule has 2 N–H and O–H groups in total. The van der Waals surface area contributed by atoms with Crippen LogP contribution in [0.15, 0.2) is 30.4 Å². The van der Waals surface area contributed by atoms with E-state index < -0.39 is 0 Å². The molecule has 0 aromatic heterocycles. The first-order chi connectivity index (χ1) is 7.04. The molecule has 1 unspecified atom stereocenters. The molecule has 0 bridgehead atoms. The molecule has 0 aliphatic heterocycles. The number of halogens is 2. The quantitative estimate of drug-likeness (QED) is 0.663. The van der Waals surface area contributed by atoms with Gasteiger partial charge in [-0.25, -0.2) is 4.39 Å². The summed E-state index contributed by atoms with van der Waals surface area (Å²) in [6.07, 6.45) is 1.70. The van der Waals surface area contributed by atoms with E-state index in [0.717, 1.165) is 27.5 Å². The molecular formula is C12H15FIN. The van der Waals surface area contributed by atoms with Crippen LogP contribution in [0.1, 0.15) is 31.4 Å². The summed E-state index contributed by atoms with van der Waals surface area (Å²) in [6.45, 7) is 5.99. The average molecular weight is 319 g/mol. The molecule has 1 rings (SSSR count). The van der Waals surface area contributed by atoms with Gasteiger partial charge in [-0.05, 0) is 53.1 Å². The minimum Gasteiger partial charge on any atom is -0.324 e. The van der Waals surface area contributed by atoms with Gasteiger partial charge in [-0.3, -0.25) is 0 Å². The lowest BCUT2D eigenvalue weighted by molar-refractivity contribution is 0.622. The third-order valence-electron chi connectivity index (χ3n) is 2.37. The molecule has 0 fully saturated rings. The molecule has 3 heteroatoms. The van der Waals surface area contributed by atoms with Gasteiger partial charge in [-0.15, -0.1) is 0 Å². The Hall–Kier alpha value is -0.420. The molecule has 0 spiro atoms. The molecule has 15 heavy (non-hydrogen) atoms. The first kappa shape index (κ1) is 12.6. The van der Waals surface area contributed by atoms with E-state index in [1.54, 1.807) is 6.07 Å². The monoisotopic (exact) mass is 319 g/mol. The highest BCUT2D eigenvalue weighted by Gasteiger charge is 2.11. The van der Waals surface area contributed by atoms with E-state index >= 15 is 0 Å². The second-order valence-electron chi connectivity index (χ2n) is 3.58. The normalized spacial score (nSPS) is 12.5. The molecule has 82 valence electrons. The second-order valence-corrected chi connectivity index (χ2v) is 4.74. The maximum atomic E-state index is 12.9. The molecule has 0 aliphatic carbocycles. The van der Waals surface area contributed by atoms with E-state index in [0.29, 0.717) is 0 Å². The third-order valence-corrected chi connectivity index (χ3v) is 3.30. The molecule has 0 aliphatic rings. The molecule has 0 amide bonds. The van der Waals surface area contributed by atoms with Crippen molar-refractivity contribution in [3.8, 4) is 0 Å².